The molecule has 2 atom stereocenters. The molecule has 0 radical (unpaired) electrons. The number of primary amides is 1. The number of carbonyl (C=O) groups excluding carboxylic acids is 1. The summed E-state index contributed by atoms with van der Waals surface area (Å²) in [7, 11) is 1.87. The van der Waals surface area contributed by atoms with Gasteiger partial charge in [0.15, 0.2) is 0 Å². The first-order valence-corrected chi connectivity index (χ1v) is 3.96. The molecule has 1 fully saturated rings. The Kier molecular flexibility index (Phi) is 1.43. The Hall–Kier alpha value is -1.32. The Morgan fingerprint density at radius 2 is 2.58 bits per heavy atom. The van der Waals surface area contributed by atoms with Gasteiger partial charge in [0.2, 0.25) is 5.91 Å². The van der Waals surface area contributed by atoms with Crippen molar-refractivity contribution >= 4 is 5.91 Å². The molecule has 4 heteroatoms. The Bertz CT molecular complexity index is 318. The van der Waals surface area contributed by atoms with E-state index in [-0.39, 0.29) is 11.8 Å². The summed E-state index contributed by atoms with van der Waals surface area (Å²) in [6.07, 6.45) is 4.63. The molecule has 0 unspecified atom stereocenters. The molecule has 2 rings (SSSR count). The lowest BCUT2D eigenvalue weighted by Gasteiger charge is -1.90. The summed E-state index contributed by atoms with van der Waals surface area (Å²) in [5.74, 6) is 0.189. The third-order valence-electron chi connectivity index (χ3n) is 2.31. The summed E-state index contributed by atoms with van der Waals surface area (Å²) in [5.41, 5.74) is 6.29. The Morgan fingerprint density at radius 3 is 3.00 bits per heavy atom. The average molecular weight is 165 g/mol. The van der Waals surface area contributed by atoms with Gasteiger partial charge < -0.3 is 5.73 Å². The third-order valence-corrected chi connectivity index (χ3v) is 2.31. The van der Waals surface area contributed by atoms with Crippen LogP contribution in [0.15, 0.2) is 12.4 Å². The molecule has 0 aromatic carbocycles. The van der Waals surface area contributed by atoms with Crippen LogP contribution in [0, 0.1) is 5.92 Å². The first kappa shape index (κ1) is 7.34. The van der Waals surface area contributed by atoms with Gasteiger partial charge >= 0.3 is 0 Å². The molecular weight excluding hydrogens is 154 g/mol. The second kappa shape index (κ2) is 2.33. The van der Waals surface area contributed by atoms with Crippen LogP contribution in [0.1, 0.15) is 17.9 Å². The monoisotopic (exact) mass is 165 g/mol. The number of nitrogens with two attached hydrogens (primary N) is 1. The minimum atomic E-state index is -0.191. The number of rotatable bonds is 2. The predicted molar refractivity (Wildman–Crippen MR) is 43.3 cm³/mol. The first-order chi connectivity index (χ1) is 5.68. The highest BCUT2D eigenvalue weighted by molar-refractivity contribution is 5.81. The lowest BCUT2D eigenvalue weighted by atomic mass is 10.2. The fourth-order valence-electron chi connectivity index (χ4n) is 1.51. The van der Waals surface area contributed by atoms with Crippen LogP contribution in [0.2, 0.25) is 0 Å². The molecule has 1 saturated carbocycles. The maximum absolute atomic E-state index is 10.7. The summed E-state index contributed by atoms with van der Waals surface area (Å²) in [6.45, 7) is 0. The van der Waals surface area contributed by atoms with Gasteiger partial charge in [-0.1, -0.05) is 0 Å². The van der Waals surface area contributed by atoms with E-state index >= 15 is 0 Å². The third kappa shape index (κ3) is 1.09. The van der Waals surface area contributed by atoms with Crippen LogP contribution in [0.5, 0.6) is 0 Å². The largest absolute Gasteiger partial charge is 0.369 e. The highest BCUT2D eigenvalue weighted by atomic mass is 16.1. The van der Waals surface area contributed by atoms with E-state index in [2.05, 4.69) is 5.10 Å². The summed E-state index contributed by atoms with van der Waals surface area (Å²) in [5, 5.41) is 4.04. The van der Waals surface area contributed by atoms with Crippen LogP contribution in [0.25, 0.3) is 0 Å². The van der Waals surface area contributed by atoms with Crippen molar-refractivity contribution in [3.8, 4) is 0 Å². The second-order valence-corrected chi connectivity index (χ2v) is 3.30. The summed E-state index contributed by atoms with van der Waals surface area (Å²) in [6, 6.07) is 0. The molecule has 1 amide bonds. The molecule has 2 N–H and O–H groups in total. The van der Waals surface area contributed by atoms with E-state index in [9.17, 15) is 4.79 Å². The summed E-state index contributed by atoms with van der Waals surface area (Å²) in [4.78, 5) is 10.7. The second-order valence-electron chi connectivity index (χ2n) is 3.30. The SMILES string of the molecule is Cn1cc([C@@H]2C[C@H]2C(N)=O)cn1. The summed E-state index contributed by atoms with van der Waals surface area (Å²) >= 11 is 0. The van der Waals surface area contributed by atoms with Gasteiger partial charge in [-0.2, -0.15) is 5.10 Å². The van der Waals surface area contributed by atoms with Gasteiger partial charge in [-0.25, -0.2) is 0 Å². The number of carbonyl (C=O) groups is 1. The van der Waals surface area contributed by atoms with Gasteiger partial charge in [0.25, 0.3) is 0 Å². The number of hydrogen-bond donors (Lipinski definition) is 1. The predicted octanol–water partition coefficient (Wildman–Crippen LogP) is 0.00890. The molecule has 1 heterocycles. The maximum atomic E-state index is 10.7. The van der Waals surface area contributed by atoms with E-state index in [1.165, 1.54) is 0 Å². The van der Waals surface area contributed by atoms with Gasteiger partial charge in [0, 0.05) is 19.2 Å². The van der Waals surface area contributed by atoms with Gasteiger partial charge in [-0.3, -0.25) is 9.48 Å². The molecule has 0 bridgehead atoms. The minimum Gasteiger partial charge on any atom is -0.369 e. The molecular formula is C8H11N3O. The molecule has 64 valence electrons. The molecule has 12 heavy (non-hydrogen) atoms. The van der Waals surface area contributed by atoms with Crippen LogP contribution < -0.4 is 5.73 Å². The molecule has 0 saturated heterocycles. The lowest BCUT2D eigenvalue weighted by molar-refractivity contribution is -0.119. The zero-order chi connectivity index (χ0) is 8.72. The van der Waals surface area contributed by atoms with Crippen molar-refractivity contribution in [1.82, 2.24) is 9.78 Å². The van der Waals surface area contributed by atoms with Crippen molar-refractivity contribution in [1.29, 1.82) is 0 Å². The quantitative estimate of drug-likeness (QED) is 0.671. The molecule has 0 aliphatic heterocycles. The van der Waals surface area contributed by atoms with E-state index in [0.717, 1.165) is 12.0 Å². The summed E-state index contributed by atoms with van der Waals surface area (Å²) < 4.78 is 1.74. The zero-order valence-corrected chi connectivity index (χ0v) is 6.90. The van der Waals surface area contributed by atoms with Crippen molar-refractivity contribution in [3.05, 3.63) is 18.0 Å². The van der Waals surface area contributed by atoms with Crippen LogP contribution >= 0.6 is 0 Å². The van der Waals surface area contributed by atoms with E-state index in [4.69, 9.17) is 5.73 Å². The van der Waals surface area contributed by atoms with E-state index < -0.39 is 0 Å². The van der Waals surface area contributed by atoms with Crippen LogP contribution in [-0.2, 0) is 11.8 Å². The molecule has 1 aromatic heterocycles. The van der Waals surface area contributed by atoms with Crippen LogP contribution in [0.3, 0.4) is 0 Å². The zero-order valence-electron chi connectivity index (χ0n) is 6.90. The Labute approximate surface area is 70.4 Å². The van der Waals surface area contributed by atoms with Crippen LogP contribution in [0.4, 0.5) is 0 Å². The smallest absolute Gasteiger partial charge is 0.221 e. The van der Waals surface area contributed by atoms with Gasteiger partial charge in [-0.05, 0) is 17.9 Å². The van der Waals surface area contributed by atoms with Crippen molar-refractivity contribution in [2.75, 3.05) is 0 Å². The van der Waals surface area contributed by atoms with Crippen LogP contribution in [-0.4, -0.2) is 15.7 Å². The Morgan fingerprint density at radius 1 is 1.83 bits per heavy atom. The van der Waals surface area contributed by atoms with Gasteiger partial charge in [-0.15, -0.1) is 0 Å². The molecule has 1 aliphatic rings. The number of nitrogens with zero attached hydrogens (tertiary/aromatic N) is 2. The fraction of sp³-hybridized carbons (Fsp3) is 0.500. The number of amides is 1. The lowest BCUT2D eigenvalue weighted by Crippen LogP contribution is -2.13. The van der Waals surface area contributed by atoms with Crippen molar-refractivity contribution < 1.29 is 4.79 Å². The number of hydrogen-bond acceptors (Lipinski definition) is 2. The van der Waals surface area contributed by atoms with E-state index in [0.29, 0.717) is 5.92 Å². The van der Waals surface area contributed by atoms with Gasteiger partial charge in [0.1, 0.15) is 0 Å². The molecule has 4 nitrogen and oxygen atoms in total. The van der Waals surface area contributed by atoms with E-state index in [1.54, 1.807) is 10.9 Å². The average Bonchev–Trinajstić information content (AvgIpc) is 2.70. The van der Waals surface area contributed by atoms with Crippen molar-refractivity contribution in [2.45, 2.75) is 12.3 Å². The number of aryl methyl sites for hydroxylation is 1. The molecule has 1 aromatic rings. The molecule has 1 aliphatic carbocycles. The highest BCUT2D eigenvalue weighted by Crippen LogP contribution is 2.46. The van der Waals surface area contributed by atoms with E-state index in [1.807, 2.05) is 13.2 Å². The van der Waals surface area contributed by atoms with Gasteiger partial charge in [0.05, 0.1) is 6.20 Å². The normalized spacial score (nSPS) is 27.1. The van der Waals surface area contributed by atoms with Crippen molar-refractivity contribution in [2.24, 2.45) is 18.7 Å². The fourth-order valence-corrected chi connectivity index (χ4v) is 1.51. The first-order valence-electron chi connectivity index (χ1n) is 3.96. The standard InChI is InChI=1S/C8H11N3O/c1-11-4-5(3-10-11)6-2-7(6)8(9)12/h3-4,6-7H,2H2,1H3,(H2,9,12)/t6-,7+/m0/s1. The number of aromatic nitrogens is 2. The van der Waals surface area contributed by atoms with Crippen molar-refractivity contribution in [3.63, 3.8) is 0 Å². The highest BCUT2D eigenvalue weighted by Gasteiger charge is 2.43. The Balaban J connectivity index is 2.10. The topological polar surface area (TPSA) is 60.9 Å². The minimum absolute atomic E-state index is 0.0502. The molecule has 0 spiro atoms. The maximum Gasteiger partial charge on any atom is 0.221 e.